The normalized spacial score (nSPS) is 11.3. The van der Waals surface area contributed by atoms with Crippen molar-refractivity contribution in [1.82, 2.24) is 24.4 Å². The van der Waals surface area contributed by atoms with E-state index in [1.54, 1.807) is 42.9 Å². The number of alkyl halides is 2. The number of aryl methyl sites for hydroxylation is 1. The zero-order chi connectivity index (χ0) is 21.4. The number of para-hydroxylation sites is 1. The minimum Gasteiger partial charge on any atom is -0.496 e. The van der Waals surface area contributed by atoms with Crippen molar-refractivity contribution in [3.8, 4) is 17.0 Å². The van der Waals surface area contributed by atoms with Crippen molar-refractivity contribution in [2.45, 2.75) is 13.3 Å². The van der Waals surface area contributed by atoms with Crippen LogP contribution in [0.3, 0.4) is 0 Å². The predicted octanol–water partition coefficient (Wildman–Crippen LogP) is 3.64. The molecule has 0 atom stereocenters. The van der Waals surface area contributed by atoms with Gasteiger partial charge in [0.1, 0.15) is 17.0 Å². The van der Waals surface area contributed by atoms with Gasteiger partial charge in [0.2, 0.25) is 0 Å². The molecule has 0 radical (unpaired) electrons. The van der Waals surface area contributed by atoms with E-state index in [1.807, 2.05) is 0 Å². The second kappa shape index (κ2) is 7.54. The molecule has 10 heteroatoms. The average molecular weight is 412 g/mol. The lowest BCUT2D eigenvalue weighted by Gasteiger charge is -2.11. The third-order valence-electron chi connectivity index (χ3n) is 4.83. The molecule has 30 heavy (non-hydrogen) atoms. The van der Waals surface area contributed by atoms with E-state index in [4.69, 9.17) is 4.74 Å². The number of fused-ring (bicyclic) bond motifs is 1. The number of methoxy groups -OCH3 is 1. The Labute approximate surface area is 170 Å². The standard InChI is InChI=1S/C20H18F2N6O2/c1-11-15(10-23-27(11)2)26-20(29)13-9-24-28-16(18(21)22)8-14(25-19(13)28)12-6-4-5-7-17(12)30-3/h4-10,18H,1-3H3,(H,26,29). The first kappa shape index (κ1) is 19.5. The van der Waals surface area contributed by atoms with Gasteiger partial charge in [0.15, 0.2) is 5.65 Å². The van der Waals surface area contributed by atoms with Crippen molar-refractivity contribution in [3.05, 3.63) is 59.7 Å². The number of nitrogens with one attached hydrogen (secondary N) is 1. The van der Waals surface area contributed by atoms with Crippen molar-refractivity contribution >= 4 is 17.2 Å². The molecule has 4 rings (SSSR count). The predicted molar refractivity (Wildman–Crippen MR) is 106 cm³/mol. The fourth-order valence-electron chi connectivity index (χ4n) is 3.11. The highest BCUT2D eigenvalue weighted by molar-refractivity contribution is 6.08. The molecule has 0 saturated heterocycles. The lowest BCUT2D eigenvalue weighted by molar-refractivity contribution is 0.102. The lowest BCUT2D eigenvalue weighted by Crippen LogP contribution is -2.13. The first-order chi connectivity index (χ1) is 14.4. The number of carbonyl (C=O) groups excluding carboxylic acids is 1. The van der Waals surface area contributed by atoms with E-state index >= 15 is 0 Å². The van der Waals surface area contributed by atoms with Gasteiger partial charge in [0.25, 0.3) is 12.3 Å². The van der Waals surface area contributed by atoms with Crippen molar-refractivity contribution in [2.24, 2.45) is 7.05 Å². The van der Waals surface area contributed by atoms with Crippen molar-refractivity contribution in [3.63, 3.8) is 0 Å². The highest BCUT2D eigenvalue weighted by atomic mass is 19.3. The molecule has 1 amide bonds. The van der Waals surface area contributed by atoms with E-state index in [9.17, 15) is 13.6 Å². The zero-order valence-electron chi connectivity index (χ0n) is 16.4. The molecule has 3 heterocycles. The van der Waals surface area contributed by atoms with Crippen LogP contribution >= 0.6 is 0 Å². The molecule has 8 nitrogen and oxygen atoms in total. The summed E-state index contributed by atoms with van der Waals surface area (Å²) >= 11 is 0. The largest absolute Gasteiger partial charge is 0.496 e. The van der Waals surface area contributed by atoms with Crippen LogP contribution < -0.4 is 10.1 Å². The molecule has 4 aromatic rings. The smallest absolute Gasteiger partial charge is 0.280 e. The molecule has 0 aliphatic heterocycles. The van der Waals surface area contributed by atoms with E-state index in [0.717, 1.165) is 10.2 Å². The van der Waals surface area contributed by atoms with E-state index in [2.05, 4.69) is 20.5 Å². The highest BCUT2D eigenvalue weighted by Gasteiger charge is 2.23. The number of halogens is 2. The molecule has 1 aromatic carbocycles. The van der Waals surface area contributed by atoms with E-state index < -0.39 is 12.3 Å². The molecule has 0 aliphatic rings. The van der Waals surface area contributed by atoms with Crippen LogP contribution in [0.1, 0.15) is 28.2 Å². The Balaban J connectivity index is 1.85. The summed E-state index contributed by atoms with van der Waals surface area (Å²) < 4.78 is 35.4. The summed E-state index contributed by atoms with van der Waals surface area (Å²) in [6.07, 6.45) is -0.0845. The third-order valence-corrected chi connectivity index (χ3v) is 4.83. The van der Waals surface area contributed by atoms with Crippen LogP contribution in [0.5, 0.6) is 5.75 Å². The first-order valence-corrected chi connectivity index (χ1v) is 9.01. The van der Waals surface area contributed by atoms with Crippen LogP contribution in [0.15, 0.2) is 42.7 Å². The van der Waals surface area contributed by atoms with Gasteiger partial charge in [0, 0.05) is 12.6 Å². The van der Waals surface area contributed by atoms with Gasteiger partial charge in [-0.15, -0.1) is 0 Å². The Bertz CT molecular complexity index is 1250. The summed E-state index contributed by atoms with van der Waals surface area (Å²) in [6, 6.07) is 8.18. The van der Waals surface area contributed by atoms with Crippen LogP contribution in [0, 0.1) is 6.92 Å². The fourth-order valence-corrected chi connectivity index (χ4v) is 3.11. The van der Waals surface area contributed by atoms with Gasteiger partial charge < -0.3 is 10.1 Å². The van der Waals surface area contributed by atoms with Gasteiger partial charge in [-0.05, 0) is 25.1 Å². The number of aromatic nitrogens is 5. The minimum absolute atomic E-state index is 0.0211. The van der Waals surface area contributed by atoms with Crippen molar-refractivity contribution < 1.29 is 18.3 Å². The summed E-state index contributed by atoms with van der Waals surface area (Å²) in [4.78, 5) is 17.3. The van der Waals surface area contributed by atoms with Gasteiger partial charge in [0.05, 0.1) is 36.6 Å². The summed E-state index contributed by atoms with van der Waals surface area (Å²) in [7, 11) is 3.23. The maximum absolute atomic E-state index is 13.8. The summed E-state index contributed by atoms with van der Waals surface area (Å²) in [6.45, 7) is 1.80. The van der Waals surface area contributed by atoms with E-state index in [-0.39, 0.29) is 22.6 Å². The van der Waals surface area contributed by atoms with Gasteiger partial charge in [-0.3, -0.25) is 9.48 Å². The Morgan fingerprint density at radius 2 is 1.97 bits per heavy atom. The van der Waals surface area contributed by atoms with Gasteiger partial charge in [-0.25, -0.2) is 18.3 Å². The molecular weight excluding hydrogens is 394 g/mol. The number of nitrogens with zero attached hydrogens (tertiary/aromatic N) is 5. The molecule has 3 aromatic heterocycles. The van der Waals surface area contributed by atoms with Crippen molar-refractivity contribution in [2.75, 3.05) is 12.4 Å². The quantitative estimate of drug-likeness (QED) is 0.541. The molecule has 0 aliphatic carbocycles. The number of benzene rings is 1. The van der Waals surface area contributed by atoms with Crippen LogP contribution in [0.25, 0.3) is 16.9 Å². The van der Waals surface area contributed by atoms with Crippen LogP contribution in [0.4, 0.5) is 14.5 Å². The fraction of sp³-hybridized carbons (Fsp3) is 0.200. The Morgan fingerprint density at radius 1 is 1.20 bits per heavy atom. The average Bonchev–Trinajstić information content (AvgIpc) is 3.31. The number of hydrogen-bond donors (Lipinski definition) is 1. The monoisotopic (exact) mass is 412 g/mol. The number of hydrogen-bond acceptors (Lipinski definition) is 5. The van der Waals surface area contributed by atoms with Gasteiger partial charge >= 0.3 is 0 Å². The molecular formula is C20H18F2N6O2. The molecule has 0 spiro atoms. The van der Waals surface area contributed by atoms with Crippen LogP contribution in [0.2, 0.25) is 0 Å². The number of rotatable bonds is 5. The maximum Gasteiger partial charge on any atom is 0.280 e. The molecule has 1 N–H and O–H groups in total. The summed E-state index contributed by atoms with van der Waals surface area (Å²) in [5, 5.41) is 10.8. The molecule has 0 bridgehead atoms. The molecule has 154 valence electrons. The minimum atomic E-state index is -2.82. The number of carbonyl (C=O) groups is 1. The Morgan fingerprint density at radius 3 is 2.63 bits per heavy atom. The highest BCUT2D eigenvalue weighted by Crippen LogP contribution is 2.32. The zero-order valence-corrected chi connectivity index (χ0v) is 16.4. The lowest BCUT2D eigenvalue weighted by atomic mass is 10.1. The first-order valence-electron chi connectivity index (χ1n) is 9.01. The Kier molecular flexibility index (Phi) is 4.90. The summed E-state index contributed by atoms with van der Waals surface area (Å²) in [5.41, 5.74) is 1.75. The molecule has 0 fully saturated rings. The SMILES string of the molecule is COc1ccccc1-c1cc(C(F)F)n2ncc(C(=O)Nc3cnn(C)c3C)c2n1. The van der Waals surface area contributed by atoms with Gasteiger partial charge in [-0.2, -0.15) is 10.2 Å². The third kappa shape index (κ3) is 3.25. The number of amides is 1. The number of anilines is 1. The maximum atomic E-state index is 13.8. The van der Waals surface area contributed by atoms with Crippen LogP contribution in [-0.2, 0) is 7.05 Å². The Hall–Kier alpha value is -3.82. The van der Waals surface area contributed by atoms with Crippen LogP contribution in [-0.4, -0.2) is 37.4 Å². The van der Waals surface area contributed by atoms with Gasteiger partial charge in [-0.1, -0.05) is 12.1 Å². The second-order valence-corrected chi connectivity index (χ2v) is 6.58. The second-order valence-electron chi connectivity index (χ2n) is 6.58. The van der Waals surface area contributed by atoms with Crippen molar-refractivity contribution in [1.29, 1.82) is 0 Å². The summed E-state index contributed by atoms with van der Waals surface area (Å²) in [5.74, 6) is -0.0444. The molecule has 0 unspecified atom stereocenters. The van der Waals surface area contributed by atoms with E-state index in [1.165, 1.54) is 25.6 Å². The molecule has 0 saturated carbocycles. The topological polar surface area (TPSA) is 86.3 Å². The number of ether oxygens (including phenoxy) is 1. The van der Waals surface area contributed by atoms with E-state index in [0.29, 0.717) is 17.0 Å².